The number of anilines is 1. The average molecular weight is 272 g/mol. The van der Waals surface area contributed by atoms with Crippen molar-refractivity contribution in [3.8, 4) is 5.75 Å². The molecule has 1 aliphatic rings. The fourth-order valence-corrected chi connectivity index (χ4v) is 2.57. The Bertz CT molecular complexity index is 533. The van der Waals surface area contributed by atoms with Crippen LogP contribution >= 0.6 is 0 Å². The number of piperazine rings is 1. The van der Waals surface area contributed by atoms with E-state index in [2.05, 4.69) is 31.9 Å². The zero-order valence-corrected chi connectivity index (χ0v) is 11.7. The molecule has 0 saturated carbocycles. The topological polar surface area (TPSA) is 44.4 Å². The number of H-pyrrole nitrogens is 1. The van der Waals surface area contributed by atoms with Gasteiger partial charge in [-0.2, -0.15) is 0 Å². The summed E-state index contributed by atoms with van der Waals surface area (Å²) in [6, 6.07) is 8.27. The van der Waals surface area contributed by atoms with Gasteiger partial charge in [-0.25, -0.2) is 4.98 Å². The Kier molecular flexibility index (Phi) is 3.87. The molecule has 1 aliphatic heterocycles. The molecule has 0 radical (unpaired) electrons. The molecule has 1 saturated heterocycles. The van der Waals surface area contributed by atoms with E-state index in [-0.39, 0.29) is 0 Å². The van der Waals surface area contributed by atoms with E-state index in [9.17, 15) is 0 Å². The predicted octanol–water partition coefficient (Wildman–Crippen LogP) is 1.74. The molecule has 5 nitrogen and oxygen atoms in total. The summed E-state index contributed by atoms with van der Waals surface area (Å²) >= 11 is 0. The Labute approximate surface area is 119 Å². The molecule has 1 fully saturated rings. The first kappa shape index (κ1) is 13.0. The van der Waals surface area contributed by atoms with E-state index in [4.69, 9.17) is 4.74 Å². The summed E-state index contributed by atoms with van der Waals surface area (Å²) in [6.45, 7) is 5.08. The minimum absolute atomic E-state index is 0.902. The van der Waals surface area contributed by atoms with Crippen LogP contribution in [0.3, 0.4) is 0 Å². The molecule has 0 spiro atoms. The zero-order valence-electron chi connectivity index (χ0n) is 11.7. The van der Waals surface area contributed by atoms with Crippen molar-refractivity contribution < 1.29 is 4.74 Å². The maximum atomic E-state index is 5.29. The van der Waals surface area contributed by atoms with Gasteiger partial charge in [0.05, 0.1) is 13.7 Å². The Balaban J connectivity index is 1.57. The van der Waals surface area contributed by atoms with Gasteiger partial charge in [-0.1, -0.05) is 6.07 Å². The second kappa shape index (κ2) is 5.96. The number of aromatic amines is 1. The minimum atomic E-state index is 0.902. The highest BCUT2D eigenvalue weighted by Gasteiger charge is 2.18. The number of rotatable bonds is 4. The number of ether oxygens (including phenoxy) is 1. The molecule has 1 aromatic carbocycles. The zero-order chi connectivity index (χ0) is 13.8. The van der Waals surface area contributed by atoms with Crippen LogP contribution in [0.15, 0.2) is 36.7 Å². The first-order valence-electron chi connectivity index (χ1n) is 6.95. The molecular weight excluding hydrogens is 252 g/mol. The molecule has 2 heterocycles. The van der Waals surface area contributed by atoms with Crippen LogP contribution in [-0.4, -0.2) is 48.2 Å². The number of benzene rings is 1. The minimum Gasteiger partial charge on any atom is -0.497 e. The largest absolute Gasteiger partial charge is 0.497 e. The van der Waals surface area contributed by atoms with E-state index in [1.54, 1.807) is 7.11 Å². The molecule has 1 N–H and O–H groups in total. The Morgan fingerprint density at radius 3 is 2.80 bits per heavy atom. The van der Waals surface area contributed by atoms with Crippen LogP contribution in [0.25, 0.3) is 0 Å². The number of nitrogens with zero attached hydrogens (tertiary/aromatic N) is 3. The molecule has 0 aliphatic carbocycles. The van der Waals surface area contributed by atoms with Crippen LogP contribution in [0.2, 0.25) is 0 Å². The Morgan fingerprint density at radius 1 is 1.25 bits per heavy atom. The molecule has 0 amide bonds. The normalized spacial score (nSPS) is 16.4. The number of methoxy groups -OCH3 is 1. The van der Waals surface area contributed by atoms with Crippen molar-refractivity contribution in [3.05, 3.63) is 42.5 Å². The van der Waals surface area contributed by atoms with Gasteiger partial charge in [0.15, 0.2) is 0 Å². The first-order valence-corrected chi connectivity index (χ1v) is 6.95. The van der Waals surface area contributed by atoms with Crippen LogP contribution in [0.4, 0.5) is 5.69 Å². The molecule has 0 unspecified atom stereocenters. The van der Waals surface area contributed by atoms with Crippen molar-refractivity contribution in [2.24, 2.45) is 0 Å². The van der Waals surface area contributed by atoms with Crippen molar-refractivity contribution in [1.29, 1.82) is 0 Å². The van der Waals surface area contributed by atoms with Crippen molar-refractivity contribution >= 4 is 5.69 Å². The van der Waals surface area contributed by atoms with E-state index < -0.39 is 0 Å². The van der Waals surface area contributed by atoms with E-state index in [0.29, 0.717) is 0 Å². The van der Waals surface area contributed by atoms with Gasteiger partial charge >= 0.3 is 0 Å². The summed E-state index contributed by atoms with van der Waals surface area (Å²) in [5, 5.41) is 0. The van der Waals surface area contributed by atoms with Gasteiger partial charge in [-0.15, -0.1) is 0 Å². The monoisotopic (exact) mass is 272 g/mol. The SMILES string of the molecule is COc1cccc(N2CCN(Cc3ncc[nH]3)CC2)c1. The summed E-state index contributed by atoms with van der Waals surface area (Å²) in [7, 11) is 1.71. The van der Waals surface area contributed by atoms with E-state index >= 15 is 0 Å². The third kappa shape index (κ3) is 2.93. The molecule has 0 bridgehead atoms. The molecule has 106 valence electrons. The maximum Gasteiger partial charge on any atom is 0.120 e. The third-order valence-electron chi connectivity index (χ3n) is 3.72. The van der Waals surface area contributed by atoms with Crippen molar-refractivity contribution in [2.75, 3.05) is 38.2 Å². The van der Waals surface area contributed by atoms with Gasteiger partial charge in [0.1, 0.15) is 11.6 Å². The molecule has 0 atom stereocenters. The number of imidazole rings is 1. The maximum absolute atomic E-state index is 5.29. The second-order valence-corrected chi connectivity index (χ2v) is 5.00. The summed E-state index contributed by atoms with van der Waals surface area (Å²) in [4.78, 5) is 12.3. The molecule has 3 rings (SSSR count). The second-order valence-electron chi connectivity index (χ2n) is 5.00. The van der Waals surface area contributed by atoms with Crippen LogP contribution < -0.4 is 9.64 Å². The summed E-state index contributed by atoms with van der Waals surface area (Å²) in [5.74, 6) is 1.96. The fourth-order valence-electron chi connectivity index (χ4n) is 2.57. The first-order chi connectivity index (χ1) is 9.85. The van der Waals surface area contributed by atoms with Crippen molar-refractivity contribution in [1.82, 2.24) is 14.9 Å². The highest BCUT2D eigenvalue weighted by Crippen LogP contribution is 2.22. The average Bonchev–Trinajstić information content (AvgIpc) is 3.01. The molecule has 2 aromatic rings. The molecular formula is C15H20N4O. The molecule has 1 aromatic heterocycles. The number of aromatic nitrogens is 2. The lowest BCUT2D eigenvalue weighted by Gasteiger charge is -2.35. The highest BCUT2D eigenvalue weighted by molar-refractivity contribution is 5.51. The van der Waals surface area contributed by atoms with Crippen molar-refractivity contribution in [3.63, 3.8) is 0 Å². The predicted molar refractivity (Wildman–Crippen MR) is 79.1 cm³/mol. The smallest absolute Gasteiger partial charge is 0.120 e. The van der Waals surface area contributed by atoms with Crippen LogP contribution in [-0.2, 0) is 6.54 Å². The fraction of sp³-hybridized carbons (Fsp3) is 0.400. The summed E-state index contributed by atoms with van der Waals surface area (Å²) < 4.78 is 5.29. The van der Waals surface area contributed by atoms with Crippen LogP contribution in [0.1, 0.15) is 5.82 Å². The van der Waals surface area contributed by atoms with Gasteiger partial charge in [-0.05, 0) is 12.1 Å². The quantitative estimate of drug-likeness (QED) is 0.921. The van der Waals surface area contributed by atoms with Gasteiger partial charge in [0, 0.05) is 50.3 Å². The van der Waals surface area contributed by atoms with Gasteiger partial charge in [0.25, 0.3) is 0 Å². The Hall–Kier alpha value is -2.01. The summed E-state index contributed by atoms with van der Waals surface area (Å²) in [6.07, 6.45) is 3.68. The molecule has 20 heavy (non-hydrogen) atoms. The third-order valence-corrected chi connectivity index (χ3v) is 3.72. The standard InChI is InChI=1S/C15H20N4O/c1-20-14-4-2-3-13(11-14)19-9-7-18(8-10-19)12-15-16-5-6-17-15/h2-6,11H,7-10,12H2,1H3,(H,16,17). The van der Waals surface area contributed by atoms with Crippen molar-refractivity contribution in [2.45, 2.75) is 6.54 Å². The lowest BCUT2D eigenvalue weighted by atomic mass is 10.2. The number of hydrogen-bond donors (Lipinski definition) is 1. The number of hydrogen-bond acceptors (Lipinski definition) is 4. The number of nitrogens with one attached hydrogen (secondary N) is 1. The van der Waals surface area contributed by atoms with Crippen LogP contribution in [0, 0.1) is 0 Å². The van der Waals surface area contributed by atoms with Crippen LogP contribution in [0.5, 0.6) is 5.75 Å². The lowest BCUT2D eigenvalue weighted by Crippen LogP contribution is -2.46. The van der Waals surface area contributed by atoms with Gasteiger partial charge in [-0.3, -0.25) is 4.90 Å². The summed E-state index contributed by atoms with van der Waals surface area (Å²) in [5.41, 5.74) is 1.24. The lowest BCUT2D eigenvalue weighted by molar-refractivity contribution is 0.244. The highest BCUT2D eigenvalue weighted by atomic mass is 16.5. The van der Waals surface area contributed by atoms with E-state index in [0.717, 1.165) is 44.3 Å². The molecule has 5 heteroatoms. The van der Waals surface area contributed by atoms with E-state index in [1.807, 2.05) is 24.5 Å². The Morgan fingerprint density at radius 2 is 2.10 bits per heavy atom. The van der Waals surface area contributed by atoms with E-state index in [1.165, 1.54) is 5.69 Å². The van der Waals surface area contributed by atoms with Gasteiger partial charge < -0.3 is 14.6 Å². The van der Waals surface area contributed by atoms with Gasteiger partial charge in [0.2, 0.25) is 0 Å².